The maximum absolute atomic E-state index is 10.7. The zero-order valence-corrected chi connectivity index (χ0v) is 15.4. The van der Waals surface area contributed by atoms with Gasteiger partial charge in [0.1, 0.15) is 24.6 Å². The van der Waals surface area contributed by atoms with Crippen molar-refractivity contribution >= 4 is 30.9 Å². The third kappa shape index (κ3) is 3.63. The van der Waals surface area contributed by atoms with Crippen LogP contribution in [0, 0.1) is 0 Å². The van der Waals surface area contributed by atoms with Crippen LogP contribution in [0.4, 0.5) is 11.5 Å². The number of aliphatic hydroxyl groups excluding tert-OH is 2. The number of hydrogen-bond donors (Lipinski definition) is 4. The number of aliphatic hydroxyl groups is 2. The molecule has 0 aliphatic carbocycles. The number of anilines is 2. The Labute approximate surface area is 159 Å². The van der Waals surface area contributed by atoms with Gasteiger partial charge in [0.25, 0.3) is 0 Å². The lowest BCUT2D eigenvalue weighted by Gasteiger charge is -2.16. The summed E-state index contributed by atoms with van der Waals surface area (Å²) < 4.78 is 22.5. The molecule has 0 amide bonds. The summed E-state index contributed by atoms with van der Waals surface area (Å²) in [5.41, 5.74) is 1.67. The summed E-state index contributed by atoms with van der Waals surface area (Å²) in [5.74, 6) is 0.474. The molecule has 0 saturated carbocycles. The van der Waals surface area contributed by atoms with Gasteiger partial charge < -0.3 is 29.7 Å². The van der Waals surface area contributed by atoms with Crippen molar-refractivity contribution < 1.29 is 28.9 Å². The molecular formula is C16H18N5O6P. The molecule has 0 radical (unpaired) electrons. The van der Waals surface area contributed by atoms with Gasteiger partial charge in [-0.2, -0.15) is 0 Å². The van der Waals surface area contributed by atoms with Crippen LogP contribution < -0.4 is 5.32 Å². The van der Waals surface area contributed by atoms with E-state index in [1.807, 2.05) is 30.3 Å². The van der Waals surface area contributed by atoms with E-state index in [1.54, 1.807) is 0 Å². The maximum atomic E-state index is 10.7. The first-order chi connectivity index (χ1) is 13.5. The first-order valence-electron chi connectivity index (χ1n) is 8.41. The molecule has 2 aromatic heterocycles. The van der Waals surface area contributed by atoms with Gasteiger partial charge in [-0.25, -0.2) is 15.0 Å². The average Bonchev–Trinajstić information content (AvgIpc) is 3.24. The summed E-state index contributed by atoms with van der Waals surface area (Å²) in [5, 5.41) is 23.7. The molecule has 5 atom stereocenters. The van der Waals surface area contributed by atoms with E-state index in [1.165, 1.54) is 17.2 Å². The minimum Gasteiger partial charge on any atom is -0.387 e. The molecule has 1 aliphatic heterocycles. The van der Waals surface area contributed by atoms with Crippen LogP contribution in [0.25, 0.3) is 11.2 Å². The zero-order valence-electron chi connectivity index (χ0n) is 14.4. The van der Waals surface area contributed by atoms with E-state index in [-0.39, 0.29) is 6.61 Å². The monoisotopic (exact) mass is 407 g/mol. The van der Waals surface area contributed by atoms with Gasteiger partial charge in [0.05, 0.1) is 12.9 Å². The lowest BCUT2D eigenvalue weighted by Crippen LogP contribution is -2.33. The van der Waals surface area contributed by atoms with Gasteiger partial charge in [-0.1, -0.05) is 18.2 Å². The smallest absolute Gasteiger partial charge is 0.316 e. The summed E-state index contributed by atoms with van der Waals surface area (Å²) in [6.07, 6.45) is -1.78. The van der Waals surface area contributed by atoms with Crippen LogP contribution in [0.3, 0.4) is 0 Å². The molecule has 5 unspecified atom stereocenters. The second-order valence-electron chi connectivity index (χ2n) is 6.16. The number of nitrogens with one attached hydrogen (secondary N) is 1. The van der Waals surface area contributed by atoms with E-state index in [9.17, 15) is 14.8 Å². The normalized spacial score (nSPS) is 25.8. The number of imidazole rings is 1. The molecule has 1 aromatic carbocycles. The zero-order chi connectivity index (χ0) is 19.7. The van der Waals surface area contributed by atoms with Crippen molar-refractivity contribution in [3.8, 4) is 0 Å². The van der Waals surface area contributed by atoms with Crippen molar-refractivity contribution in [3.63, 3.8) is 0 Å². The van der Waals surface area contributed by atoms with Gasteiger partial charge in [-0.15, -0.1) is 0 Å². The highest BCUT2D eigenvalue weighted by Crippen LogP contribution is 2.33. The Hall–Kier alpha value is -2.40. The van der Waals surface area contributed by atoms with Crippen LogP contribution >= 0.6 is 8.25 Å². The number of aromatic nitrogens is 4. The van der Waals surface area contributed by atoms with Gasteiger partial charge in [0.15, 0.2) is 23.2 Å². The fourth-order valence-electron chi connectivity index (χ4n) is 3.04. The summed E-state index contributed by atoms with van der Waals surface area (Å²) in [6, 6.07) is 9.41. The summed E-state index contributed by atoms with van der Waals surface area (Å²) >= 11 is 0. The van der Waals surface area contributed by atoms with Crippen molar-refractivity contribution in [2.45, 2.75) is 24.5 Å². The van der Waals surface area contributed by atoms with Crippen LogP contribution in [-0.2, 0) is 13.8 Å². The van der Waals surface area contributed by atoms with E-state index >= 15 is 0 Å². The topological polar surface area (TPSA) is 152 Å². The molecule has 0 bridgehead atoms. The maximum Gasteiger partial charge on any atom is 0.316 e. The highest BCUT2D eigenvalue weighted by Gasteiger charge is 2.44. The van der Waals surface area contributed by atoms with Crippen LogP contribution in [-0.4, -0.2) is 59.5 Å². The molecule has 12 heteroatoms. The fourth-order valence-corrected chi connectivity index (χ4v) is 3.34. The summed E-state index contributed by atoms with van der Waals surface area (Å²) in [4.78, 5) is 21.5. The van der Waals surface area contributed by atoms with Gasteiger partial charge >= 0.3 is 8.25 Å². The lowest BCUT2D eigenvalue weighted by molar-refractivity contribution is -0.0476. The molecule has 1 aliphatic rings. The van der Waals surface area contributed by atoms with Gasteiger partial charge in [0, 0.05) is 5.69 Å². The molecule has 1 fully saturated rings. The first-order valence-corrected chi connectivity index (χ1v) is 9.68. The molecule has 0 spiro atoms. The Kier molecular flexibility index (Phi) is 5.36. The van der Waals surface area contributed by atoms with E-state index < -0.39 is 32.8 Å². The Morgan fingerprint density at radius 3 is 2.71 bits per heavy atom. The molecule has 4 rings (SSSR count). The Morgan fingerprint density at radius 2 is 1.96 bits per heavy atom. The number of fused-ring (bicyclic) bond motifs is 1. The largest absolute Gasteiger partial charge is 0.387 e. The van der Waals surface area contributed by atoms with Crippen molar-refractivity contribution in [3.05, 3.63) is 43.0 Å². The molecule has 28 heavy (non-hydrogen) atoms. The van der Waals surface area contributed by atoms with Crippen molar-refractivity contribution in [1.82, 2.24) is 19.5 Å². The number of ether oxygens (including phenoxy) is 1. The van der Waals surface area contributed by atoms with Gasteiger partial charge in [0.2, 0.25) is 0 Å². The number of rotatable bonds is 6. The van der Waals surface area contributed by atoms with Crippen LogP contribution in [0.15, 0.2) is 43.0 Å². The standard InChI is InChI=1S/C16H18N5O6P/c22-12-10(6-26-28(24)25)27-16(13(12)23)21-8-19-11-14(17-7-18-15(11)21)20-9-4-2-1-3-5-9/h1-5,7-8,10,12-13,16,22-23,28H,6H2,(H,24,25)(H,17,18,20). The van der Waals surface area contributed by atoms with Crippen molar-refractivity contribution in [2.24, 2.45) is 0 Å². The highest BCUT2D eigenvalue weighted by atomic mass is 31.1. The molecule has 1 saturated heterocycles. The molecule has 11 nitrogen and oxygen atoms in total. The molecule has 3 heterocycles. The SMILES string of the molecule is O=[PH](O)OCC1OC(n2cnc3c(Nc4ccccc4)ncnc32)C(O)C1O. The van der Waals surface area contributed by atoms with E-state index in [0.29, 0.717) is 17.0 Å². The highest BCUT2D eigenvalue weighted by molar-refractivity contribution is 7.32. The predicted molar refractivity (Wildman–Crippen MR) is 98.1 cm³/mol. The van der Waals surface area contributed by atoms with Crippen molar-refractivity contribution in [1.29, 1.82) is 0 Å². The quantitative estimate of drug-likeness (QED) is 0.427. The molecule has 148 valence electrons. The summed E-state index contributed by atoms with van der Waals surface area (Å²) in [6.45, 7) is -0.328. The minimum atomic E-state index is -3.17. The lowest BCUT2D eigenvalue weighted by atomic mass is 10.1. The second-order valence-corrected chi connectivity index (χ2v) is 6.98. The van der Waals surface area contributed by atoms with E-state index in [2.05, 4.69) is 24.8 Å². The fraction of sp³-hybridized carbons (Fsp3) is 0.312. The predicted octanol–water partition coefficient (Wildman–Crippen LogP) is 0.588. The average molecular weight is 407 g/mol. The molecule has 3 aromatic rings. The van der Waals surface area contributed by atoms with Gasteiger partial charge in [-0.3, -0.25) is 9.13 Å². The van der Waals surface area contributed by atoms with Gasteiger partial charge in [-0.05, 0) is 12.1 Å². The number of para-hydroxylation sites is 1. The minimum absolute atomic E-state index is 0.328. The Balaban J connectivity index is 1.61. The second kappa shape index (κ2) is 7.92. The number of benzene rings is 1. The van der Waals surface area contributed by atoms with Crippen LogP contribution in [0.2, 0.25) is 0 Å². The Bertz CT molecular complexity index is 986. The molecule has 4 N–H and O–H groups in total. The Morgan fingerprint density at radius 1 is 1.18 bits per heavy atom. The van der Waals surface area contributed by atoms with E-state index in [4.69, 9.17) is 9.63 Å². The summed E-state index contributed by atoms with van der Waals surface area (Å²) in [7, 11) is -3.17. The van der Waals surface area contributed by atoms with Crippen molar-refractivity contribution in [2.75, 3.05) is 11.9 Å². The first kappa shape index (κ1) is 18.9. The molecular weight excluding hydrogens is 389 g/mol. The van der Waals surface area contributed by atoms with Crippen LogP contribution in [0.1, 0.15) is 6.23 Å². The number of nitrogens with zero attached hydrogens (tertiary/aromatic N) is 4. The van der Waals surface area contributed by atoms with Crippen LogP contribution in [0.5, 0.6) is 0 Å². The number of hydrogen-bond acceptors (Lipinski definition) is 9. The third-order valence-electron chi connectivity index (χ3n) is 4.38. The third-order valence-corrected chi connectivity index (χ3v) is 4.79. The van der Waals surface area contributed by atoms with E-state index in [0.717, 1.165) is 5.69 Å².